The molecule has 1 aromatic rings. The molecule has 0 bridgehead atoms. The van der Waals surface area contributed by atoms with Crippen molar-refractivity contribution in [1.82, 2.24) is 0 Å². The Balaban J connectivity index is 3.20. The molecule has 0 aliphatic rings. The SMILES string of the molecule is C#Cc1ccc(C(C)(C)C)cc1Cl. The second kappa shape index (κ2) is 3.44. The molecule has 0 saturated carbocycles. The van der Waals surface area contributed by atoms with E-state index >= 15 is 0 Å². The van der Waals surface area contributed by atoms with Crippen LogP contribution in [-0.4, -0.2) is 0 Å². The van der Waals surface area contributed by atoms with Crippen molar-refractivity contribution in [3.63, 3.8) is 0 Å². The van der Waals surface area contributed by atoms with Gasteiger partial charge < -0.3 is 0 Å². The number of hydrogen-bond donors (Lipinski definition) is 0. The summed E-state index contributed by atoms with van der Waals surface area (Å²) >= 11 is 5.99. The quantitative estimate of drug-likeness (QED) is 0.551. The van der Waals surface area contributed by atoms with Crippen LogP contribution in [0.2, 0.25) is 5.02 Å². The van der Waals surface area contributed by atoms with Gasteiger partial charge in [-0.05, 0) is 23.1 Å². The third kappa shape index (κ3) is 2.26. The Hall–Kier alpha value is -0.930. The first-order valence-corrected chi connectivity index (χ1v) is 4.59. The average Bonchev–Trinajstić information content (AvgIpc) is 2.02. The molecule has 0 N–H and O–H groups in total. The molecule has 68 valence electrons. The summed E-state index contributed by atoms with van der Waals surface area (Å²) in [5.41, 5.74) is 2.09. The van der Waals surface area contributed by atoms with Crippen LogP contribution in [-0.2, 0) is 5.41 Å². The number of terminal acetylenes is 1. The lowest BCUT2D eigenvalue weighted by molar-refractivity contribution is 0.590. The van der Waals surface area contributed by atoms with Crippen LogP contribution in [0, 0.1) is 12.3 Å². The van der Waals surface area contributed by atoms with E-state index < -0.39 is 0 Å². The Labute approximate surface area is 84.9 Å². The number of hydrogen-bond acceptors (Lipinski definition) is 0. The van der Waals surface area contributed by atoms with Crippen LogP contribution in [0.25, 0.3) is 0 Å². The fourth-order valence-corrected chi connectivity index (χ4v) is 1.33. The molecule has 0 radical (unpaired) electrons. The summed E-state index contributed by atoms with van der Waals surface area (Å²) in [4.78, 5) is 0. The average molecular weight is 193 g/mol. The summed E-state index contributed by atoms with van der Waals surface area (Å²) in [7, 11) is 0. The molecule has 1 rings (SSSR count). The van der Waals surface area contributed by atoms with Crippen LogP contribution in [0.4, 0.5) is 0 Å². The largest absolute Gasteiger partial charge is 0.115 e. The molecule has 0 unspecified atom stereocenters. The lowest BCUT2D eigenvalue weighted by atomic mass is 9.87. The van der Waals surface area contributed by atoms with Gasteiger partial charge in [0.05, 0.1) is 5.02 Å². The van der Waals surface area contributed by atoms with Crippen molar-refractivity contribution in [2.45, 2.75) is 26.2 Å². The predicted octanol–water partition coefficient (Wildman–Crippen LogP) is 3.62. The highest BCUT2D eigenvalue weighted by Crippen LogP contribution is 2.26. The monoisotopic (exact) mass is 192 g/mol. The molecule has 0 heterocycles. The maximum Gasteiger partial charge on any atom is 0.0565 e. The standard InChI is InChI=1S/C12H13Cl/c1-5-9-6-7-10(8-11(9)13)12(2,3)4/h1,6-8H,2-4H3. The summed E-state index contributed by atoms with van der Waals surface area (Å²) in [5, 5.41) is 0.662. The normalized spacial score (nSPS) is 11.0. The number of halogens is 1. The smallest absolute Gasteiger partial charge is 0.0565 e. The number of rotatable bonds is 0. The van der Waals surface area contributed by atoms with E-state index in [0.717, 1.165) is 5.56 Å². The highest BCUT2D eigenvalue weighted by atomic mass is 35.5. The Morgan fingerprint density at radius 3 is 2.31 bits per heavy atom. The van der Waals surface area contributed by atoms with Crippen molar-refractivity contribution in [3.05, 3.63) is 34.3 Å². The summed E-state index contributed by atoms with van der Waals surface area (Å²) in [6.07, 6.45) is 5.28. The third-order valence-corrected chi connectivity index (χ3v) is 2.30. The minimum absolute atomic E-state index is 0.122. The van der Waals surface area contributed by atoms with Gasteiger partial charge in [0.1, 0.15) is 0 Å². The van der Waals surface area contributed by atoms with Crippen LogP contribution in [0.15, 0.2) is 18.2 Å². The van der Waals surface area contributed by atoms with Gasteiger partial charge in [0.15, 0.2) is 0 Å². The molecular weight excluding hydrogens is 180 g/mol. The minimum Gasteiger partial charge on any atom is -0.115 e. The van der Waals surface area contributed by atoms with Crippen LogP contribution in [0.1, 0.15) is 31.9 Å². The summed E-state index contributed by atoms with van der Waals surface area (Å²) in [6.45, 7) is 6.44. The Morgan fingerprint density at radius 2 is 1.92 bits per heavy atom. The van der Waals surface area contributed by atoms with Crippen LogP contribution >= 0.6 is 11.6 Å². The second-order valence-electron chi connectivity index (χ2n) is 4.09. The topological polar surface area (TPSA) is 0 Å². The lowest BCUT2D eigenvalue weighted by Gasteiger charge is -2.19. The molecule has 0 nitrogen and oxygen atoms in total. The Kier molecular flexibility index (Phi) is 2.68. The maximum atomic E-state index is 5.99. The summed E-state index contributed by atoms with van der Waals surface area (Å²) < 4.78 is 0. The Morgan fingerprint density at radius 1 is 1.31 bits per heavy atom. The van der Waals surface area contributed by atoms with Crippen molar-refractivity contribution in [2.75, 3.05) is 0 Å². The minimum atomic E-state index is 0.122. The molecule has 0 atom stereocenters. The van der Waals surface area contributed by atoms with Gasteiger partial charge in [0.2, 0.25) is 0 Å². The van der Waals surface area contributed by atoms with E-state index in [-0.39, 0.29) is 5.41 Å². The van der Waals surface area contributed by atoms with Crippen LogP contribution < -0.4 is 0 Å². The molecule has 0 aromatic heterocycles. The zero-order valence-corrected chi connectivity index (χ0v) is 8.94. The molecule has 1 heteroatoms. The molecule has 0 saturated heterocycles. The maximum absolute atomic E-state index is 5.99. The van der Waals surface area contributed by atoms with Crippen molar-refractivity contribution < 1.29 is 0 Å². The predicted molar refractivity (Wildman–Crippen MR) is 58.1 cm³/mol. The molecule has 0 amide bonds. The van der Waals surface area contributed by atoms with Crippen molar-refractivity contribution in [3.8, 4) is 12.3 Å². The van der Waals surface area contributed by atoms with E-state index in [1.165, 1.54) is 5.56 Å². The van der Waals surface area contributed by atoms with Gasteiger partial charge in [-0.2, -0.15) is 0 Å². The fourth-order valence-electron chi connectivity index (χ4n) is 1.10. The Bertz CT molecular complexity index is 350. The summed E-state index contributed by atoms with van der Waals surface area (Å²) in [5.74, 6) is 2.54. The zero-order chi connectivity index (χ0) is 10.1. The fraction of sp³-hybridized carbons (Fsp3) is 0.333. The molecule has 0 aliphatic heterocycles. The molecular formula is C12H13Cl. The van der Waals surface area contributed by atoms with Crippen molar-refractivity contribution in [1.29, 1.82) is 0 Å². The molecule has 0 fully saturated rings. The van der Waals surface area contributed by atoms with Crippen LogP contribution in [0.5, 0.6) is 0 Å². The van der Waals surface area contributed by atoms with Crippen molar-refractivity contribution >= 4 is 11.6 Å². The van der Waals surface area contributed by atoms with Crippen molar-refractivity contribution in [2.24, 2.45) is 0 Å². The first-order chi connectivity index (χ1) is 5.95. The van der Waals surface area contributed by atoms with Gasteiger partial charge in [-0.3, -0.25) is 0 Å². The van der Waals surface area contributed by atoms with Gasteiger partial charge in [0, 0.05) is 5.56 Å². The summed E-state index contributed by atoms with van der Waals surface area (Å²) in [6, 6.07) is 5.86. The zero-order valence-electron chi connectivity index (χ0n) is 8.19. The molecule has 0 aliphatic carbocycles. The van der Waals surface area contributed by atoms with Gasteiger partial charge in [-0.15, -0.1) is 6.42 Å². The van der Waals surface area contributed by atoms with E-state index in [0.29, 0.717) is 5.02 Å². The second-order valence-corrected chi connectivity index (χ2v) is 4.50. The number of benzene rings is 1. The van der Waals surface area contributed by atoms with E-state index in [4.69, 9.17) is 18.0 Å². The lowest BCUT2D eigenvalue weighted by Crippen LogP contribution is -2.10. The van der Waals surface area contributed by atoms with Gasteiger partial charge >= 0.3 is 0 Å². The first kappa shape index (κ1) is 10.2. The van der Waals surface area contributed by atoms with E-state index in [1.54, 1.807) is 0 Å². The molecule has 13 heavy (non-hydrogen) atoms. The van der Waals surface area contributed by atoms with E-state index in [2.05, 4.69) is 26.7 Å². The van der Waals surface area contributed by atoms with E-state index in [1.807, 2.05) is 18.2 Å². The highest BCUT2D eigenvalue weighted by Gasteiger charge is 2.14. The molecule has 0 spiro atoms. The molecule has 1 aromatic carbocycles. The van der Waals surface area contributed by atoms with Gasteiger partial charge in [0.25, 0.3) is 0 Å². The highest BCUT2D eigenvalue weighted by molar-refractivity contribution is 6.31. The van der Waals surface area contributed by atoms with Gasteiger partial charge in [-0.1, -0.05) is 44.4 Å². The van der Waals surface area contributed by atoms with E-state index in [9.17, 15) is 0 Å². The first-order valence-electron chi connectivity index (χ1n) is 4.22. The third-order valence-electron chi connectivity index (χ3n) is 1.99. The van der Waals surface area contributed by atoms with Gasteiger partial charge in [-0.25, -0.2) is 0 Å². The van der Waals surface area contributed by atoms with Crippen LogP contribution in [0.3, 0.4) is 0 Å².